The number of carbonyl (C=O) groups excluding carboxylic acids is 1. The van der Waals surface area contributed by atoms with Gasteiger partial charge in [-0.25, -0.2) is 0 Å². The first-order chi connectivity index (χ1) is 7.20. The first-order valence-electron chi connectivity index (χ1n) is 5.36. The summed E-state index contributed by atoms with van der Waals surface area (Å²) in [4.78, 5) is 11.8. The number of amides is 1. The molecule has 1 aliphatic rings. The second kappa shape index (κ2) is 3.93. The number of hydrogen-bond acceptors (Lipinski definition) is 2. The molecule has 0 aromatic heterocycles. The molecule has 1 amide bonds. The highest BCUT2D eigenvalue weighted by Crippen LogP contribution is 2.26. The van der Waals surface area contributed by atoms with E-state index in [0.717, 1.165) is 29.9 Å². The highest BCUT2D eigenvalue weighted by atomic mass is 16.1. The van der Waals surface area contributed by atoms with Crippen molar-refractivity contribution in [3.63, 3.8) is 0 Å². The van der Waals surface area contributed by atoms with Gasteiger partial charge in [-0.15, -0.1) is 0 Å². The van der Waals surface area contributed by atoms with E-state index in [0.29, 0.717) is 0 Å². The molecule has 0 spiro atoms. The highest BCUT2D eigenvalue weighted by molar-refractivity contribution is 5.97. The van der Waals surface area contributed by atoms with Crippen LogP contribution in [0.25, 0.3) is 0 Å². The van der Waals surface area contributed by atoms with Crippen molar-refractivity contribution in [3.8, 4) is 0 Å². The van der Waals surface area contributed by atoms with E-state index in [1.54, 1.807) is 0 Å². The fraction of sp³-hybridized carbons (Fsp3) is 0.417. The lowest BCUT2D eigenvalue weighted by Gasteiger charge is -2.09. The number of fused-ring (bicyclic) bond motifs is 1. The highest BCUT2D eigenvalue weighted by Gasteiger charge is 2.21. The van der Waals surface area contributed by atoms with Crippen molar-refractivity contribution in [2.24, 2.45) is 5.92 Å². The molecule has 1 heterocycles. The van der Waals surface area contributed by atoms with Crippen LogP contribution in [-0.2, 0) is 4.79 Å². The zero-order valence-electron chi connectivity index (χ0n) is 9.13. The fourth-order valence-corrected chi connectivity index (χ4v) is 1.81. The van der Waals surface area contributed by atoms with Crippen LogP contribution in [0.1, 0.15) is 18.9 Å². The van der Waals surface area contributed by atoms with E-state index >= 15 is 0 Å². The Hall–Kier alpha value is -1.51. The molecular weight excluding hydrogens is 188 g/mol. The molecule has 1 aromatic rings. The largest absolute Gasteiger partial charge is 0.383 e. The first kappa shape index (κ1) is 10.0. The molecule has 1 atom stereocenters. The lowest BCUT2D eigenvalue weighted by atomic mass is 10.1. The summed E-state index contributed by atoms with van der Waals surface area (Å²) in [6.45, 7) is 4.78. The topological polar surface area (TPSA) is 41.1 Å². The third-order valence-corrected chi connectivity index (χ3v) is 2.84. The summed E-state index contributed by atoms with van der Waals surface area (Å²) in [7, 11) is 0. The van der Waals surface area contributed by atoms with Gasteiger partial charge in [0.15, 0.2) is 0 Å². The van der Waals surface area contributed by atoms with Crippen LogP contribution < -0.4 is 10.6 Å². The van der Waals surface area contributed by atoms with Crippen LogP contribution in [0.5, 0.6) is 0 Å². The van der Waals surface area contributed by atoms with Crippen LogP contribution in [0.4, 0.5) is 11.4 Å². The van der Waals surface area contributed by atoms with E-state index in [1.807, 2.05) is 32.0 Å². The molecule has 0 bridgehead atoms. The predicted octanol–water partition coefficient (Wildman–Crippen LogP) is 2.39. The molecule has 2 rings (SSSR count). The van der Waals surface area contributed by atoms with Crippen LogP contribution in [0.3, 0.4) is 0 Å². The Bertz CT molecular complexity index is 387. The van der Waals surface area contributed by atoms with Gasteiger partial charge in [0.05, 0.1) is 17.3 Å². The quantitative estimate of drug-likeness (QED) is 0.737. The summed E-state index contributed by atoms with van der Waals surface area (Å²) in [5.41, 5.74) is 3.08. The average Bonchev–Trinajstić information content (AvgIpc) is 2.35. The van der Waals surface area contributed by atoms with E-state index in [9.17, 15) is 4.79 Å². The summed E-state index contributed by atoms with van der Waals surface area (Å²) in [6, 6.07) is 6.06. The summed E-state index contributed by atoms with van der Waals surface area (Å²) in [5, 5.41) is 6.26. The first-order valence-corrected chi connectivity index (χ1v) is 5.36. The number of nitrogens with one attached hydrogen (secondary N) is 2. The Kier molecular flexibility index (Phi) is 2.62. The summed E-state index contributed by atoms with van der Waals surface area (Å²) in [6.07, 6.45) is 0.867. The summed E-state index contributed by atoms with van der Waals surface area (Å²) >= 11 is 0. The normalized spacial score (nSPS) is 19.9. The van der Waals surface area contributed by atoms with Gasteiger partial charge in [-0.05, 0) is 31.0 Å². The number of hydrogen-bond donors (Lipinski definition) is 2. The van der Waals surface area contributed by atoms with E-state index in [4.69, 9.17) is 0 Å². The Morgan fingerprint density at radius 3 is 2.93 bits per heavy atom. The second-order valence-corrected chi connectivity index (χ2v) is 4.02. The van der Waals surface area contributed by atoms with Crippen molar-refractivity contribution in [2.75, 3.05) is 17.2 Å². The molecule has 0 fully saturated rings. The van der Waals surface area contributed by atoms with Gasteiger partial charge >= 0.3 is 0 Å². The maximum Gasteiger partial charge on any atom is 0.229 e. The summed E-state index contributed by atoms with van der Waals surface area (Å²) < 4.78 is 0. The Morgan fingerprint density at radius 1 is 1.40 bits per heavy atom. The smallest absolute Gasteiger partial charge is 0.229 e. The van der Waals surface area contributed by atoms with E-state index in [2.05, 4.69) is 10.6 Å². The van der Waals surface area contributed by atoms with E-state index in [-0.39, 0.29) is 11.8 Å². The van der Waals surface area contributed by atoms with Crippen molar-refractivity contribution in [2.45, 2.75) is 20.3 Å². The molecule has 1 aliphatic heterocycles. The van der Waals surface area contributed by atoms with Gasteiger partial charge in [-0.3, -0.25) is 4.79 Å². The maximum atomic E-state index is 11.8. The van der Waals surface area contributed by atoms with Gasteiger partial charge in [0, 0.05) is 6.54 Å². The van der Waals surface area contributed by atoms with Gasteiger partial charge in [0.25, 0.3) is 0 Å². The number of anilines is 2. The van der Waals surface area contributed by atoms with Crippen molar-refractivity contribution in [3.05, 3.63) is 23.8 Å². The van der Waals surface area contributed by atoms with Crippen LogP contribution in [0.2, 0.25) is 0 Å². The van der Waals surface area contributed by atoms with Gasteiger partial charge in [-0.2, -0.15) is 0 Å². The van der Waals surface area contributed by atoms with Crippen molar-refractivity contribution < 1.29 is 4.79 Å². The standard InChI is InChI=1S/C12H16N2O/c1-3-9-7-13-10-5-4-8(2)6-11(10)14-12(9)15/h4-6,9,13H,3,7H2,1-2H3,(H,14,15). The zero-order chi connectivity index (χ0) is 10.8. The van der Waals surface area contributed by atoms with Gasteiger partial charge < -0.3 is 10.6 Å². The number of rotatable bonds is 1. The molecule has 15 heavy (non-hydrogen) atoms. The molecule has 1 unspecified atom stereocenters. The minimum absolute atomic E-state index is 0.0673. The molecule has 2 N–H and O–H groups in total. The maximum absolute atomic E-state index is 11.8. The SMILES string of the molecule is CCC1CNc2ccc(C)cc2NC1=O. The number of benzene rings is 1. The van der Waals surface area contributed by atoms with Crippen LogP contribution in [0, 0.1) is 12.8 Å². The molecule has 3 nitrogen and oxygen atoms in total. The van der Waals surface area contributed by atoms with Crippen molar-refractivity contribution in [1.82, 2.24) is 0 Å². The van der Waals surface area contributed by atoms with E-state index < -0.39 is 0 Å². The van der Waals surface area contributed by atoms with Gasteiger partial charge in [-0.1, -0.05) is 13.0 Å². The molecule has 80 valence electrons. The third-order valence-electron chi connectivity index (χ3n) is 2.84. The molecule has 0 saturated heterocycles. The average molecular weight is 204 g/mol. The molecule has 0 saturated carbocycles. The van der Waals surface area contributed by atoms with Crippen molar-refractivity contribution in [1.29, 1.82) is 0 Å². The molecular formula is C12H16N2O. The molecule has 3 heteroatoms. The Balaban J connectivity index is 2.31. The zero-order valence-corrected chi connectivity index (χ0v) is 9.13. The Morgan fingerprint density at radius 2 is 2.20 bits per heavy atom. The molecule has 0 radical (unpaired) electrons. The lowest BCUT2D eigenvalue weighted by Crippen LogP contribution is -2.24. The number of carbonyl (C=O) groups is 1. The van der Waals surface area contributed by atoms with Crippen LogP contribution in [0.15, 0.2) is 18.2 Å². The molecule has 0 aliphatic carbocycles. The van der Waals surface area contributed by atoms with Crippen LogP contribution >= 0.6 is 0 Å². The lowest BCUT2D eigenvalue weighted by molar-refractivity contribution is -0.119. The van der Waals surface area contributed by atoms with Crippen LogP contribution in [-0.4, -0.2) is 12.5 Å². The predicted molar refractivity (Wildman–Crippen MR) is 62.1 cm³/mol. The minimum atomic E-state index is 0.0673. The fourth-order valence-electron chi connectivity index (χ4n) is 1.81. The second-order valence-electron chi connectivity index (χ2n) is 4.02. The molecule has 1 aromatic carbocycles. The minimum Gasteiger partial charge on any atom is -0.383 e. The Labute approximate surface area is 89.9 Å². The number of aryl methyl sites for hydroxylation is 1. The summed E-state index contributed by atoms with van der Waals surface area (Å²) in [5.74, 6) is 0.187. The van der Waals surface area contributed by atoms with Gasteiger partial charge in [0.2, 0.25) is 5.91 Å². The van der Waals surface area contributed by atoms with Crippen molar-refractivity contribution >= 4 is 17.3 Å². The van der Waals surface area contributed by atoms with E-state index in [1.165, 1.54) is 0 Å². The third kappa shape index (κ3) is 1.96. The monoisotopic (exact) mass is 204 g/mol. The van der Waals surface area contributed by atoms with Gasteiger partial charge in [0.1, 0.15) is 0 Å².